The van der Waals surface area contributed by atoms with Crippen LogP contribution in [0.3, 0.4) is 0 Å². The predicted molar refractivity (Wildman–Crippen MR) is 89.2 cm³/mol. The molecule has 0 aromatic heterocycles. The monoisotopic (exact) mass is 299 g/mol. The zero-order valence-corrected chi connectivity index (χ0v) is 12.8. The lowest BCUT2D eigenvalue weighted by Gasteiger charge is -2.17. The average Bonchev–Trinajstić information content (AvgIpc) is 2.59. The van der Waals surface area contributed by atoms with E-state index >= 15 is 0 Å². The van der Waals surface area contributed by atoms with Gasteiger partial charge in [0, 0.05) is 6.04 Å². The Balaban J connectivity index is 1.71. The second-order valence-corrected chi connectivity index (χ2v) is 5.77. The fourth-order valence-corrected chi connectivity index (χ4v) is 2.57. The molecule has 2 aromatic carbocycles. The zero-order chi connectivity index (χ0) is 15.8. The smallest absolute Gasteiger partial charge is 0.0790 e. The van der Waals surface area contributed by atoms with Gasteiger partial charge in [-0.05, 0) is 36.8 Å². The summed E-state index contributed by atoms with van der Waals surface area (Å²) in [5.41, 5.74) is 7.96. The molecule has 0 aliphatic carbocycles. The predicted octanol–water partition coefficient (Wildman–Crippen LogP) is 3.34. The molecule has 22 heavy (non-hydrogen) atoms. The Morgan fingerprint density at radius 2 is 1.00 bits per heavy atom. The quantitative estimate of drug-likeness (QED) is 0.700. The standard InChI is InChI=1S/C19H25NO2/c20-17(11-13-18(21)15-7-3-1-4-8-15)12-14-19(22)16-9-5-2-6-10-16/h1-10,17-19,21-22H,11-14,20H2/t18-,19-/m1/s1. The number of rotatable bonds is 8. The lowest BCUT2D eigenvalue weighted by Crippen LogP contribution is -2.21. The molecule has 0 unspecified atom stereocenters. The molecule has 0 aliphatic rings. The van der Waals surface area contributed by atoms with Crippen molar-refractivity contribution in [1.82, 2.24) is 0 Å². The first-order chi connectivity index (χ1) is 10.7. The molecular weight excluding hydrogens is 274 g/mol. The third-order valence-electron chi connectivity index (χ3n) is 3.99. The molecule has 0 spiro atoms. The van der Waals surface area contributed by atoms with Crippen molar-refractivity contribution in [3.63, 3.8) is 0 Å². The third-order valence-corrected chi connectivity index (χ3v) is 3.99. The van der Waals surface area contributed by atoms with Gasteiger partial charge in [0.05, 0.1) is 12.2 Å². The van der Waals surface area contributed by atoms with E-state index in [1.165, 1.54) is 0 Å². The zero-order valence-electron chi connectivity index (χ0n) is 12.8. The Kier molecular flexibility index (Phi) is 6.59. The van der Waals surface area contributed by atoms with Crippen LogP contribution in [-0.2, 0) is 0 Å². The van der Waals surface area contributed by atoms with Gasteiger partial charge in [-0.3, -0.25) is 0 Å². The minimum atomic E-state index is -0.466. The van der Waals surface area contributed by atoms with Crippen LogP contribution in [0.2, 0.25) is 0 Å². The van der Waals surface area contributed by atoms with Crippen molar-refractivity contribution in [3.05, 3.63) is 71.8 Å². The molecule has 2 aromatic rings. The van der Waals surface area contributed by atoms with Gasteiger partial charge in [-0.1, -0.05) is 60.7 Å². The Morgan fingerprint density at radius 1 is 0.636 bits per heavy atom. The molecule has 0 fully saturated rings. The van der Waals surface area contributed by atoms with E-state index in [0.29, 0.717) is 12.8 Å². The van der Waals surface area contributed by atoms with E-state index in [-0.39, 0.29) is 6.04 Å². The number of benzene rings is 2. The summed E-state index contributed by atoms with van der Waals surface area (Å²) in [6.07, 6.45) is 1.85. The number of aliphatic hydroxyl groups is 2. The maximum absolute atomic E-state index is 10.1. The van der Waals surface area contributed by atoms with Gasteiger partial charge in [0.2, 0.25) is 0 Å². The van der Waals surface area contributed by atoms with Gasteiger partial charge in [-0.15, -0.1) is 0 Å². The SMILES string of the molecule is NC(CC[C@@H](O)c1ccccc1)CC[C@@H](O)c1ccccc1. The average molecular weight is 299 g/mol. The molecule has 0 saturated heterocycles. The highest BCUT2D eigenvalue weighted by molar-refractivity contribution is 5.18. The Morgan fingerprint density at radius 3 is 1.36 bits per heavy atom. The molecular formula is C19H25NO2. The van der Waals surface area contributed by atoms with E-state index in [1.807, 2.05) is 60.7 Å². The molecule has 2 rings (SSSR count). The van der Waals surface area contributed by atoms with Gasteiger partial charge >= 0.3 is 0 Å². The van der Waals surface area contributed by atoms with Gasteiger partial charge in [0.25, 0.3) is 0 Å². The lowest BCUT2D eigenvalue weighted by molar-refractivity contribution is 0.150. The molecule has 0 bridgehead atoms. The van der Waals surface area contributed by atoms with Crippen LogP contribution in [0.5, 0.6) is 0 Å². The number of hydrogen-bond acceptors (Lipinski definition) is 3. The van der Waals surface area contributed by atoms with Crippen molar-refractivity contribution in [2.75, 3.05) is 0 Å². The van der Waals surface area contributed by atoms with Crippen molar-refractivity contribution >= 4 is 0 Å². The Labute approximate surface area is 132 Å². The van der Waals surface area contributed by atoms with Crippen LogP contribution in [0.25, 0.3) is 0 Å². The first-order valence-electron chi connectivity index (χ1n) is 7.88. The molecule has 0 aliphatic heterocycles. The molecule has 3 heteroatoms. The van der Waals surface area contributed by atoms with Crippen LogP contribution in [0, 0.1) is 0 Å². The van der Waals surface area contributed by atoms with E-state index in [2.05, 4.69) is 0 Å². The molecule has 0 heterocycles. The second-order valence-electron chi connectivity index (χ2n) is 5.77. The summed E-state index contributed by atoms with van der Waals surface area (Å²) in [5, 5.41) is 20.2. The van der Waals surface area contributed by atoms with Crippen molar-refractivity contribution in [2.45, 2.75) is 43.9 Å². The first kappa shape index (κ1) is 16.7. The van der Waals surface area contributed by atoms with Crippen molar-refractivity contribution in [3.8, 4) is 0 Å². The summed E-state index contributed by atoms with van der Waals surface area (Å²) in [6.45, 7) is 0. The van der Waals surface area contributed by atoms with Crippen LogP contribution >= 0.6 is 0 Å². The number of nitrogens with two attached hydrogens (primary N) is 1. The molecule has 4 N–H and O–H groups in total. The summed E-state index contributed by atoms with van der Waals surface area (Å²) in [4.78, 5) is 0. The van der Waals surface area contributed by atoms with Gasteiger partial charge in [0.15, 0.2) is 0 Å². The number of aliphatic hydroxyl groups excluding tert-OH is 2. The van der Waals surface area contributed by atoms with Crippen molar-refractivity contribution in [2.24, 2.45) is 5.73 Å². The third kappa shape index (κ3) is 5.26. The second kappa shape index (κ2) is 8.69. The van der Waals surface area contributed by atoms with Gasteiger partial charge in [0.1, 0.15) is 0 Å². The topological polar surface area (TPSA) is 66.5 Å². The highest BCUT2D eigenvalue weighted by Gasteiger charge is 2.13. The molecule has 0 saturated carbocycles. The Hall–Kier alpha value is -1.68. The first-order valence-corrected chi connectivity index (χ1v) is 7.88. The van der Waals surface area contributed by atoms with Gasteiger partial charge in [-0.2, -0.15) is 0 Å². The van der Waals surface area contributed by atoms with Gasteiger partial charge in [-0.25, -0.2) is 0 Å². The normalized spacial score (nSPS) is 14.0. The van der Waals surface area contributed by atoms with E-state index in [0.717, 1.165) is 24.0 Å². The molecule has 2 atom stereocenters. The molecule has 0 amide bonds. The molecule has 3 nitrogen and oxygen atoms in total. The Bertz CT molecular complexity index is 480. The van der Waals surface area contributed by atoms with Crippen LogP contribution < -0.4 is 5.73 Å². The molecule has 118 valence electrons. The summed E-state index contributed by atoms with van der Waals surface area (Å²) < 4.78 is 0. The molecule has 0 radical (unpaired) electrons. The summed E-state index contributed by atoms with van der Waals surface area (Å²) in [5.74, 6) is 0. The lowest BCUT2D eigenvalue weighted by atomic mass is 9.97. The van der Waals surface area contributed by atoms with Crippen molar-refractivity contribution < 1.29 is 10.2 Å². The summed E-state index contributed by atoms with van der Waals surface area (Å²) in [6, 6.07) is 19.3. The van der Waals surface area contributed by atoms with Crippen LogP contribution in [0.4, 0.5) is 0 Å². The van der Waals surface area contributed by atoms with E-state index < -0.39 is 12.2 Å². The van der Waals surface area contributed by atoms with E-state index in [4.69, 9.17) is 5.73 Å². The highest BCUT2D eigenvalue weighted by atomic mass is 16.3. The largest absolute Gasteiger partial charge is 0.388 e. The minimum absolute atomic E-state index is 0.00303. The summed E-state index contributed by atoms with van der Waals surface area (Å²) >= 11 is 0. The van der Waals surface area contributed by atoms with E-state index in [9.17, 15) is 10.2 Å². The van der Waals surface area contributed by atoms with E-state index in [1.54, 1.807) is 0 Å². The maximum Gasteiger partial charge on any atom is 0.0790 e. The fraction of sp³-hybridized carbons (Fsp3) is 0.368. The summed E-state index contributed by atoms with van der Waals surface area (Å²) in [7, 11) is 0. The van der Waals surface area contributed by atoms with Crippen LogP contribution in [0.15, 0.2) is 60.7 Å². The minimum Gasteiger partial charge on any atom is -0.388 e. The fourth-order valence-electron chi connectivity index (χ4n) is 2.57. The van der Waals surface area contributed by atoms with Crippen molar-refractivity contribution in [1.29, 1.82) is 0 Å². The van der Waals surface area contributed by atoms with Gasteiger partial charge < -0.3 is 15.9 Å². The van der Waals surface area contributed by atoms with Crippen LogP contribution in [-0.4, -0.2) is 16.3 Å². The number of hydrogen-bond donors (Lipinski definition) is 3. The maximum atomic E-state index is 10.1. The highest BCUT2D eigenvalue weighted by Crippen LogP contribution is 2.22. The van der Waals surface area contributed by atoms with Crippen LogP contribution in [0.1, 0.15) is 49.0 Å².